The van der Waals surface area contributed by atoms with E-state index in [1.54, 1.807) is 6.92 Å². The zero-order chi connectivity index (χ0) is 17.1. The minimum atomic E-state index is -0.394. The molecule has 0 bridgehead atoms. The molecule has 2 N–H and O–H groups in total. The Morgan fingerprint density at radius 3 is 2.52 bits per heavy atom. The van der Waals surface area contributed by atoms with Gasteiger partial charge in [0.2, 0.25) is 0 Å². The van der Waals surface area contributed by atoms with E-state index in [9.17, 15) is 4.79 Å². The Morgan fingerprint density at radius 1 is 1.17 bits per heavy atom. The molecule has 4 nitrogen and oxygen atoms in total. The number of nitrogens with zero attached hydrogens (tertiary/aromatic N) is 1. The van der Waals surface area contributed by atoms with Crippen LogP contribution in [0.25, 0.3) is 0 Å². The fourth-order valence-corrected chi connectivity index (χ4v) is 3.38. The summed E-state index contributed by atoms with van der Waals surface area (Å²) < 4.78 is 4.99. The molecular weight excluding hydrogens is 288 g/mol. The van der Waals surface area contributed by atoms with Crippen LogP contribution in [0, 0.1) is 5.92 Å². The first-order valence-corrected chi connectivity index (χ1v) is 9.41. The molecule has 0 aromatic rings. The van der Waals surface area contributed by atoms with Crippen LogP contribution in [0.2, 0.25) is 0 Å². The van der Waals surface area contributed by atoms with Crippen LogP contribution in [0.4, 0.5) is 0 Å². The SMILES string of the molecule is CC.CCOC(=O)/C(N)=C1\CCCC1=NCCC1CCCCC1. The highest BCUT2D eigenvalue weighted by atomic mass is 16.5. The second-order valence-electron chi connectivity index (χ2n) is 6.09. The van der Waals surface area contributed by atoms with Crippen molar-refractivity contribution in [3.63, 3.8) is 0 Å². The summed E-state index contributed by atoms with van der Waals surface area (Å²) in [5.74, 6) is 0.453. The van der Waals surface area contributed by atoms with E-state index in [1.807, 2.05) is 13.8 Å². The van der Waals surface area contributed by atoms with Gasteiger partial charge in [-0.15, -0.1) is 0 Å². The van der Waals surface area contributed by atoms with Gasteiger partial charge in [0.1, 0.15) is 5.70 Å². The lowest BCUT2D eigenvalue weighted by Gasteiger charge is -2.20. The smallest absolute Gasteiger partial charge is 0.354 e. The van der Waals surface area contributed by atoms with Gasteiger partial charge in [-0.2, -0.15) is 0 Å². The van der Waals surface area contributed by atoms with Crippen molar-refractivity contribution in [3.8, 4) is 0 Å². The largest absolute Gasteiger partial charge is 0.461 e. The number of aliphatic imine (C=N–C) groups is 1. The second kappa shape index (κ2) is 11.3. The van der Waals surface area contributed by atoms with Crippen LogP contribution in [0.5, 0.6) is 0 Å². The van der Waals surface area contributed by atoms with Crippen molar-refractivity contribution in [3.05, 3.63) is 11.3 Å². The molecule has 0 atom stereocenters. The van der Waals surface area contributed by atoms with E-state index in [0.29, 0.717) is 6.61 Å². The molecule has 0 unspecified atom stereocenters. The first-order chi connectivity index (χ1) is 11.2. The lowest BCUT2D eigenvalue weighted by molar-refractivity contribution is -0.138. The molecule has 132 valence electrons. The van der Waals surface area contributed by atoms with Gasteiger partial charge in [-0.1, -0.05) is 46.0 Å². The zero-order valence-electron chi connectivity index (χ0n) is 15.2. The Balaban J connectivity index is 0.00000127. The summed E-state index contributed by atoms with van der Waals surface area (Å²) in [6.07, 6.45) is 10.9. The van der Waals surface area contributed by atoms with E-state index < -0.39 is 5.97 Å². The van der Waals surface area contributed by atoms with Gasteiger partial charge in [-0.3, -0.25) is 4.99 Å². The Kier molecular flexibility index (Phi) is 9.65. The zero-order valence-corrected chi connectivity index (χ0v) is 15.2. The van der Waals surface area contributed by atoms with Crippen molar-refractivity contribution in [1.29, 1.82) is 0 Å². The highest BCUT2D eigenvalue weighted by Gasteiger charge is 2.22. The molecule has 0 radical (unpaired) electrons. The number of hydrogen-bond donors (Lipinski definition) is 1. The van der Waals surface area contributed by atoms with Crippen molar-refractivity contribution >= 4 is 11.7 Å². The summed E-state index contributed by atoms with van der Waals surface area (Å²) >= 11 is 0. The molecule has 2 aliphatic carbocycles. The van der Waals surface area contributed by atoms with E-state index >= 15 is 0 Å². The van der Waals surface area contributed by atoms with Crippen molar-refractivity contribution < 1.29 is 9.53 Å². The summed E-state index contributed by atoms with van der Waals surface area (Å²) in [5, 5.41) is 0. The molecule has 0 aromatic heterocycles. The third-order valence-electron chi connectivity index (χ3n) is 4.57. The van der Waals surface area contributed by atoms with Gasteiger partial charge in [0.25, 0.3) is 0 Å². The maximum atomic E-state index is 11.7. The predicted molar refractivity (Wildman–Crippen MR) is 96.5 cm³/mol. The molecule has 4 heteroatoms. The molecule has 0 saturated heterocycles. The van der Waals surface area contributed by atoms with Gasteiger partial charge in [0, 0.05) is 17.8 Å². The minimum absolute atomic E-state index is 0.269. The van der Waals surface area contributed by atoms with Gasteiger partial charge in [0.15, 0.2) is 0 Å². The summed E-state index contributed by atoms with van der Waals surface area (Å²) in [4.78, 5) is 16.5. The van der Waals surface area contributed by atoms with E-state index in [0.717, 1.165) is 43.0 Å². The van der Waals surface area contributed by atoms with Crippen molar-refractivity contribution in [2.45, 2.75) is 78.6 Å². The Bertz CT molecular complexity index is 421. The minimum Gasteiger partial charge on any atom is -0.461 e. The lowest BCUT2D eigenvalue weighted by Crippen LogP contribution is -2.19. The molecule has 0 heterocycles. The average molecular weight is 322 g/mol. The van der Waals surface area contributed by atoms with Crippen LogP contribution in [0.3, 0.4) is 0 Å². The van der Waals surface area contributed by atoms with Gasteiger partial charge in [-0.25, -0.2) is 4.79 Å². The fourth-order valence-electron chi connectivity index (χ4n) is 3.38. The highest BCUT2D eigenvalue weighted by Crippen LogP contribution is 2.27. The third-order valence-corrected chi connectivity index (χ3v) is 4.57. The van der Waals surface area contributed by atoms with Gasteiger partial charge >= 0.3 is 5.97 Å². The fraction of sp³-hybridized carbons (Fsp3) is 0.789. The van der Waals surface area contributed by atoms with Crippen LogP contribution < -0.4 is 5.73 Å². The molecule has 0 aliphatic heterocycles. The molecule has 0 spiro atoms. The first kappa shape index (κ1) is 19.7. The van der Waals surface area contributed by atoms with Gasteiger partial charge in [-0.05, 0) is 38.5 Å². The molecule has 2 aliphatic rings. The molecule has 2 saturated carbocycles. The number of allylic oxidation sites excluding steroid dienone is 1. The summed E-state index contributed by atoms with van der Waals surface area (Å²) in [5.41, 5.74) is 8.17. The topological polar surface area (TPSA) is 64.7 Å². The van der Waals surface area contributed by atoms with E-state index in [-0.39, 0.29) is 5.70 Å². The number of nitrogens with two attached hydrogens (primary N) is 1. The molecule has 0 aromatic carbocycles. The Hall–Kier alpha value is -1.32. The van der Waals surface area contributed by atoms with Crippen molar-refractivity contribution in [2.24, 2.45) is 16.6 Å². The predicted octanol–water partition coefficient (Wildman–Crippen LogP) is 4.38. The summed E-state index contributed by atoms with van der Waals surface area (Å²) in [6, 6.07) is 0. The standard InChI is InChI=1S/C17H28N2O2.C2H6/c1-2-21-17(20)16(18)14-9-6-10-15(14)19-12-11-13-7-4-3-5-8-13;1-2/h13H,2-12,18H2,1H3;1-2H3/b16-14-,19-15?;. The van der Waals surface area contributed by atoms with Crippen LogP contribution in [-0.2, 0) is 9.53 Å². The van der Waals surface area contributed by atoms with E-state index in [2.05, 4.69) is 0 Å². The lowest BCUT2D eigenvalue weighted by atomic mass is 9.87. The number of carbonyl (C=O) groups is 1. The number of rotatable bonds is 5. The van der Waals surface area contributed by atoms with Gasteiger partial charge < -0.3 is 10.5 Å². The Labute approximate surface area is 141 Å². The quantitative estimate of drug-likeness (QED) is 0.603. The van der Waals surface area contributed by atoms with E-state index in [1.165, 1.54) is 38.5 Å². The maximum absolute atomic E-state index is 11.7. The second-order valence-corrected chi connectivity index (χ2v) is 6.09. The van der Waals surface area contributed by atoms with Crippen LogP contribution in [0.1, 0.15) is 78.6 Å². The molecule has 2 rings (SSSR count). The molecular formula is C19H34N2O2. The van der Waals surface area contributed by atoms with Crippen molar-refractivity contribution in [2.75, 3.05) is 13.2 Å². The van der Waals surface area contributed by atoms with Gasteiger partial charge in [0.05, 0.1) is 6.61 Å². The van der Waals surface area contributed by atoms with Crippen LogP contribution in [0.15, 0.2) is 16.3 Å². The third kappa shape index (κ3) is 6.36. The summed E-state index contributed by atoms with van der Waals surface area (Å²) in [7, 11) is 0. The van der Waals surface area contributed by atoms with Crippen molar-refractivity contribution in [1.82, 2.24) is 0 Å². The monoisotopic (exact) mass is 322 g/mol. The molecule has 0 amide bonds. The number of esters is 1. The number of hydrogen-bond acceptors (Lipinski definition) is 4. The van der Waals surface area contributed by atoms with E-state index in [4.69, 9.17) is 15.5 Å². The number of carbonyl (C=O) groups excluding carboxylic acids is 1. The highest BCUT2D eigenvalue weighted by molar-refractivity contribution is 6.07. The maximum Gasteiger partial charge on any atom is 0.354 e. The summed E-state index contributed by atoms with van der Waals surface area (Å²) in [6.45, 7) is 7.03. The average Bonchev–Trinajstić information content (AvgIpc) is 3.05. The Morgan fingerprint density at radius 2 is 1.87 bits per heavy atom. The normalized spacial score (nSPS) is 22.5. The molecule has 23 heavy (non-hydrogen) atoms. The van der Waals surface area contributed by atoms with Crippen LogP contribution in [-0.4, -0.2) is 24.8 Å². The first-order valence-electron chi connectivity index (χ1n) is 9.41. The number of ether oxygens (including phenoxy) is 1. The molecule has 2 fully saturated rings. The van der Waals surface area contributed by atoms with Crippen LogP contribution >= 0.6 is 0 Å².